The second-order valence-corrected chi connectivity index (χ2v) is 3.90. The lowest BCUT2D eigenvalue weighted by Gasteiger charge is -2.13. The molecule has 5 N–H and O–H groups in total. The van der Waals surface area contributed by atoms with Crippen LogP contribution in [0.2, 0.25) is 0 Å². The van der Waals surface area contributed by atoms with Gasteiger partial charge in [0.25, 0.3) is 0 Å². The number of ether oxygens (including phenoxy) is 2. The van der Waals surface area contributed by atoms with E-state index >= 15 is 0 Å². The number of benzene rings is 1. The number of nitrogens with zero attached hydrogens (tertiary/aromatic N) is 2. The van der Waals surface area contributed by atoms with Gasteiger partial charge in [-0.3, -0.25) is 5.10 Å². The number of anilines is 1. The molecule has 1 aromatic heterocycles. The van der Waals surface area contributed by atoms with E-state index in [1.807, 2.05) is 25.1 Å². The number of hydrogen-bond donors (Lipinski definition) is 3. The molecule has 102 valence electrons. The minimum absolute atomic E-state index is 0.170. The average Bonchev–Trinajstić information content (AvgIpc) is 2.85. The number of nitrogens with two attached hydrogens (primary N) is 2. The molecular weight excluding hydrogens is 246 g/mol. The van der Waals surface area contributed by atoms with Crippen molar-refractivity contribution in [2.24, 2.45) is 5.73 Å². The first kappa shape index (κ1) is 13.2. The Morgan fingerprint density at radius 3 is 2.74 bits per heavy atom. The third-order valence-electron chi connectivity index (χ3n) is 2.66. The maximum atomic E-state index is 6.09. The van der Waals surface area contributed by atoms with Crippen LogP contribution in [0.4, 0.5) is 5.95 Å². The molecule has 0 saturated heterocycles. The van der Waals surface area contributed by atoms with Crippen LogP contribution in [0.3, 0.4) is 0 Å². The Balaban J connectivity index is 2.30. The average molecular weight is 263 g/mol. The van der Waals surface area contributed by atoms with Crippen LogP contribution in [0.25, 0.3) is 0 Å². The van der Waals surface area contributed by atoms with Gasteiger partial charge < -0.3 is 20.9 Å². The van der Waals surface area contributed by atoms with Gasteiger partial charge in [0.1, 0.15) is 5.82 Å². The Bertz CT molecular complexity index is 555. The summed E-state index contributed by atoms with van der Waals surface area (Å²) in [4.78, 5) is 4.02. The number of aromatic nitrogens is 3. The van der Waals surface area contributed by atoms with Crippen LogP contribution in [0.1, 0.15) is 24.4 Å². The van der Waals surface area contributed by atoms with Gasteiger partial charge in [0.15, 0.2) is 11.5 Å². The molecule has 0 radical (unpaired) electrons. The van der Waals surface area contributed by atoms with Crippen LogP contribution in [0, 0.1) is 0 Å². The van der Waals surface area contributed by atoms with Gasteiger partial charge in [0, 0.05) is 0 Å². The van der Waals surface area contributed by atoms with Gasteiger partial charge in [-0.1, -0.05) is 6.07 Å². The van der Waals surface area contributed by atoms with Gasteiger partial charge >= 0.3 is 0 Å². The van der Waals surface area contributed by atoms with E-state index in [1.165, 1.54) is 0 Å². The first-order chi connectivity index (χ1) is 9.15. The molecule has 1 aromatic carbocycles. The van der Waals surface area contributed by atoms with Crippen molar-refractivity contribution in [1.29, 1.82) is 0 Å². The largest absolute Gasteiger partial charge is 0.493 e. The lowest BCUT2D eigenvalue weighted by atomic mass is 10.1. The number of rotatable bonds is 5. The fraction of sp³-hybridized carbons (Fsp3) is 0.333. The Hall–Kier alpha value is -2.28. The second kappa shape index (κ2) is 5.57. The third-order valence-corrected chi connectivity index (χ3v) is 2.66. The Morgan fingerprint density at radius 1 is 1.37 bits per heavy atom. The van der Waals surface area contributed by atoms with Crippen LogP contribution in [0.5, 0.6) is 11.5 Å². The molecule has 19 heavy (non-hydrogen) atoms. The molecule has 0 fully saturated rings. The topological polar surface area (TPSA) is 112 Å². The summed E-state index contributed by atoms with van der Waals surface area (Å²) in [6.45, 7) is 2.48. The number of nitrogen functional groups attached to an aromatic ring is 1. The molecule has 0 aliphatic rings. The normalized spacial score (nSPS) is 12.2. The van der Waals surface area contributed by atoms with Crippen LogP contribution in [0.15, 0.2) is 18.2 Å². The fourth-order valence-corrected chi connectivity index (χ4v) is 1.74. The molecule has 0 amide bonds. The third kappa shape index (κ3) is 2.76. The van der Waals surface area contributed by atoms with E-state index in [9.17, 15) is 0 Å². The molecule has 0 spiro atoms. The first-order valence-electron chi connectivity index (χ1n) is 5.89. The zero-order chi connectivity index (χ0) is 13.8. The molecule has 0 aliphatic heterocycles. The van der Waals surface area contributed by atoms with Crippen molar-refractivity contribution in [3.63, 3.8) is 0 Å². The highest BCUT2D eigenvalue weighted by Gasteiger charge is 2.15. The lowest BCUT2D eigenvalue weighted by molar-refractivity contribution is 0.310. The number of hydrogen-bond acceptors (Lipinski definition) is 6. The van der Waals surface area contributed by atoms with Crippen molar-refractivity contribution in [3.8, 4) is 11.5 Å². The molecule has 1 atom stereocenters. The number of H-pyrrole nitrogens is 1. The summed E-state index contributed by atoms with van der Waals surface area (Å²) in [6.07, 6.45) is 0. The number of nitrogens with one attached hydrogen (secondary N) is 1. The van der Waals surface area contributed by atoms with E-state index in [0.717, 1.165) is 5.56 Å². The minimum atomic E-state index is -0.450. The van der Waals surface area contributed by atoms with Crippen LogP contribution in [-0.2, 0) is 0 Å². The smallest absolute Gasteiger partial charge is 0.239 e. The van der Waals surface area contributed by atoms with Gasteiger partial charge in [0.05, 0.1) is 19.8 Å². The molecule has 1 heterocycles. The second-order valence-electron chi connectivity index (χ2n) is 3.90. The van der Waals surface area contributed by atoms with Crippen molar-refractivity contribution in [1.82, 2.24) is 15.2 Å². The summed E-state index contributed by atoms with van der Waals surface area (Å²) in [7, 11) is 1.58. The van der Waals surface area contributed by atoms with Crippen molar-refractivity contribution < 1.29 is 9.47 Å². The van der Waals surface area contributed by atoms with E-state index in [-0.39, 0.29) is 5.95 Å². The van der Waals surface area contributed by atoms with E-state index in [0.29, 0.717) is 23.9 Å². The standard InChI is InChI=1S/C12H17N5O2/c1-3-19-8-5-4-7(6-9(8)18-2)10(13)11-15-12(14)17-16-11/h4-6,10H,3,13H2,1-2H3,(H3,14,15,16,17). The molecule has 0 saturated carbocycles. The number of methoxy groups -OCH3 is 1. The monoisotopic (exact) mass is 263 g/mol. The zero-order valence-corrected chi connectivity index (χ0v) is 10.9. The molecule has 0 aliphatic carbocycles. The van der Waals surface area contributed by atoms with Crippen LogP contribution in [-0.4, -0.2) is 28.9 Å². The summed E-state index contributed by atoms with van der Waals surface area (Å²) in [5, 5.41) is 6.46. The van der Waals surface area contributed by atoms with E-state index in [4.69, 9.17) is 20.9 Å². The van der Waals surface area contributed by atoms with Crippen molar-refractivity contribution in [2.75, 3.05) is 19.5 Å². The highest BCUT2D eigenvalue weighted by Crippen LogP contribution is 2.30. The number of aromatic amines is 1. The molecule has 7 nitrogen and oxygen atoms in total. The summed E-state index contributed by atoms with van der Waals surface area (Å²) in [5.74, 6) is 1.98. The summed E-state index contributed by atoms with van der Waals surface area (Å²) < 4.78 is 10.7. The Morgan fingerprint density at radius 2 is 2.16 bits per heavy atom. The molecular formula is C12H17N5O2. The van der Waals surface area contributed by atoms with Gasteiger partial charge in [-0.15, -0.1) is 5.10 Å². The Labute approximate surface area is 110 Å². The van der Waals surface area contributed by atoms with Gasteiger partial charge in [-0.05, 0) is 24.6 Å². The molecule has 2 aromatic rings. The molecule has 2 rings (SSSR count). The first-order valence-corrected chi connectivity index (χ1v) is 5.89. The maximum absolute atomic E-state index is 6.09. The predicted octanol–water partition coefficient (Wildman–Crippen LogP) is 0.842. The highest BCUT2D eigenvalue weighted by molar-refractivity contribution is 5.44. The van der Waals surface area contributed by atoms with Crippen LogP contribution >= 0.6 is 0 Å². The fourth-order valence-electron chi connectivity index (χ4n) is 1.74. The maximum Gasteiger partial charge on any atom is 0.239 e. The van der Waals surface area contributed by atoms with Gasteiger partial charge in [-0.2, -0.15) is 4.98 Å². The lowest BCUT2D eigenvalue weighted by Crippen LogP contribution is -2.14. The molecule has 1 unspecified atom stereocenters. The van der Waals surface area contributed by atoms with Crippen molar-refractivity contribution >= 4 is 5.95 Å². The summed E-state index contributed by atoms with van der Waals surface area (Å²) in [6, 6.07) is 5.04. The van der Waals surface area contributed by atoms with Gasteiger partial charge in [0.2, 0.25) is 5.95 Å². The van der Waals surface area contributed by atoms with Crippen molar-refractivity contribution in [2.45, 2.75) is 13.0 Å². The quantitative estimate of drug-likeness (QED) is 0.737. The highest BCUT2D eigenvalue weighted by atomic mass is 16.5. The summed E-state index contributed by atoms with van der Waals surface area (Å²) >= 11 is 0. The van der Waals surface area contributed by atoms with Crippen LogP contribution < -0.4 is 20.9 Å². The van der Waals surface area contributed by atoms with E-state index < -0.39 is 6.04 Å². The summed E-state index contributed by atoms with van der Waals surface area (Å²) in [5.41, 5.74) is 12.4. The van der Waals surface area contributed by atoms with E-state index in [1.54, 1.807) is 7.11 Å². The van der Waals surface area contributed by atoms with Gasteiger partial charge in [-0.25, -0.2) is 0 Å². The molecule has 7 heteroatoms. The minimum Gasteiger partial charge on any atom is -0.493 e. The Kier molecular flexibility index (Phi) is 3.86. The zero-order valence-electron chi connectivity index (χ0n) is 10.9. The van der Waals surface area contributed by atoms with E-state index in [2.05, 4.69) is 15.2 Å². The SMILES string of the molecule is CCOc1ccc(C(N)c2nc(N)n[nH]2)cc1OC. The predicted molar refractivity (Wildman–Crippen MR) is 71.0 cm³/mol. The molecule has 0 bridgehead atoms. The van der Waals surface area contributed by atoms with Crippen molar-refractivity contribution in [3.05, 3.63) is 29.6 Å².